The number of rotatable bonds is 6. The summed E-state index contributed by atoms with van der Waals surface area (Å²) in [7, 11) is 0. The zero-order valence-corrected chi connectivity index (χ0v) is 12.8. The van der Waals surface area contributed by atoms with Gasteiger partial charge in [-0.2, -0.15) is 0 Å². The molecule has 0 aliphatic carbocycles. The van der Waals surface area contributed by atoms with Gasteiger partial charge >= 0.3 is 0 Å². The van der Waals surface area contributed by atoms with E-state index in [1.54, 1.807) is 11.3 Å². The molecule has 18 heavy (non-hydrogen) atoms. The molecule has 1 aromatic heterocycles. The Balaban J connectivity index is 1.99. The molecule has 0 radical (unpaired) electrons. The largest absolute Gasteiger partial charge is 0.314 e. The van der Waals surface area contributed by atoms with E-state index in [1.807, 2.05) is 11.6 Å². The van der Waals surface area contributed by atoms with Gasteiger partial charge in [0, 0.05) is 28.5 Å². The normalized spacial score (nSPS) is 12.6. The molecule has 0 aliphatic heterocycles. The Morgan fingerprint density at radius 2 is 2.06 bits per heavy atom. The number of hydrogen-bond acceptors (Lipinski definition) is 3. The Morgan fingerprint density at radius 3 is 2.67 bits per heavy atom. The van der Waals surface area contributed by atoms with E-state index >= 15 is 0 Å². The second kappa shape index (κ2) is 7.02. The van der Waals surface area contributed by atoms with Crippen LogP contribution in [-0.4, -0.2) is 17.6 Å². The van der Waals surface area contributed by atoms with Gasteiger partial charge in [0.2, 0.25) is 0 Å². The molecule has 0 amide bonds. The van der Waals surface area contributed by atoms with E-state index in [0.29, 0.717) is 6.04 Å². The van der Waals surface area contributed by atoms with Crippen molar-refractivity contribution in [3.05, 3.63) is 50.9 Å². The van der Waals surface area contributed by atoms with Gasteiger partial charge in [-0.1, -0.05) is 35.0 Å². The molecule has 0 saturated heterocycles. The molecule has 1 atom stereocenters. The molecule has 0 fully saturated rings. The third-order valence-corrected chi connectivity index (χ3v) is 4.12. The predicted molar refractivity (Wildman–Crippen MR) is 81.1 cm³/mol. The summed E-state index contributed by atoms with van der Waals surface area (Å²) >= 11 is 5.20. The van der Waals surface area contributed by atoms with Crippen LogP contribution in [0.1, 0.15) is 17.5 Å². The molecule has 2 aromatic rings. The van der Waals surface area contributed by atoms with Crippen LogP contribution in [0.5, 0.6) is 0 Å². The van der Waals surface area contributed by atoms with Crippen LogP contribution in [0.25, 0.3) is 0 Å². The summed E-state index contributed by atoms with van der Waals surface area (Å²) in [6.07, 6.45) is 3.92. The fourth-order valence-electron chi connectivity index (χ4n) is 1.97. The Kier molecular flexibility index (Phi) is 5.35. The van der Waals surface area contributed by atoms with Crippen LogP contribution >= 0.6 is 27.3 Å². The molecule has 0 saturated carbocycles. The molecule has 1 N–H and O–H groups in total. The standard InChI is InChI=1S/C14H17BrN2S/c1-2-16-13(10-14-17-7-8-18-14)9-11-3-5-12(15)6-4-11/h3-8,13,16H,2,9-10H2,1H3. The number of aromatic nitrogens is 1. The van der Waals surface area contributed by atoms with Crippen molar-refractivity contribution in [1.82, 2.24) is 10.3 Å². The number of thiazole rings is 1. The maximum atomic E-state index is 4.37. The lowest BCUT2D eigenvalue weighted by molar-refractivity contribution is 0.520. The molecule has 1 unspecified atom stereocenters. The summed E-state index contributed by atoms with van der Waals surface area (Å²) in [5.74, 6) is 0. The average Bonchev–Trinajstić information content (AvgIpc) is 2.85. The highest BCUT2D eigenvalue weighted by molar-refractivity contribution is 9.10. The zero-order chi connectivity index (χ0) is 12.8. The Morgan fingerprint density at radius 1 is 1.28 bits per heavy atom. The highest BCUT2D eigenvalue weighted by Crippen LogP contribution is 2.14. The van der Waals surface area contributed by atoms with Crippen LogP contribution in [0.3, 0.4) is 0 Å². The second-order valence-corrected chi connectivity index (χ2v) is 6.11. The first-order valence-electron chi connectivity index (χ1n) is 6.14. The minimum atomic E-state index is 0.460. The van der Waals surface area contributed by atoms with E-state index < -0.39 is 0 Å². The highest BCUT2D eigenvalue weighted by Gasteiger charge is 2.10. The molecular weight excluding hydrogens is 308 g/mol. The minimum absolute atomic E-state index is 0.460. The average molecular weight is 325 g/mol. The summed E-state index contributed by atoms with van der Waals surface area (Å²) in [5.41, 5.74) is 1.36. The van der Waals surface area contributed by atoms with Crippen LogP contribution < -0.4 is 5.32 Å². The third kappa shape index (κ3) is 4.19. The fourth-order valence-corrected chi connectivity index (χ4v) is 2.94. The lowest BCUT2D eigenvalue weighted by Crippen LogP contribution is -2.33. The van der Waals surface area contributed by atoms with Crippen molar-refractivity contribution in [2.45, 2.75) is 25.8 Å². The van der Waals surface area contributed by atoms with Crippen molar-refractivity contribution in [2.24, 2.45) is 0 Å². The number of halogens is 1. The molecule has 4 heteroatoms. The molecule has 0 spiro atoms. The first kappa shape index (κ1) is 13.7. The zero-order valence-electron chi connectivity index (χ0n) is 10.4. The van der Waals surface area contributed by atoms with Crippen LogP contribution in [-0.2, 0) is 12.8 Å². The SMILES string of the molecule is CCNC(Cc1ccc(Br)cc1)Cc1nccs1. The van der Waals surface area contributed by atoms with Gasteiger partial charge in [-0.15, -0.1) is 11.3 Å². The van der Waals surface area contributed by atoms with E-state index in [-0.39, 0.29) is 0 Å². The van der Waals surface area contributed by atoms with E-state index in [0.717, 1.165) is 23.9 Å². The van der Waals surface area contributed by atoms with Crippen molar-refractivity contribution in [3.8, 4) is 0 Å². The van der Waals surface area contributed by atoms with Crippen LogP contribution in [0.4, 0.5) is 0 Å². The molecule has 2 rings (SSSR count). The van der Waals surface area contributed by atoms with Gasteiger partial charge in [-0.25, -0.2) is 4.98 Å². The minimum Gasteiger partial charge on any atom is -0.314 e. The number of likely N-dealkylation sites (N-methyl/N-ethyl adjacent to an activating group) is 1. The molecule has 96 valence electrons. The smallest absolute Gasteiger partial charge is 0.0940 e. The van der Waals surface area contributed by atoms with Crippen LogP contribution in [0, 0.1) is 0 Å². The number of benzene rings is 1. The van der Waals surface area contributed by atoms with Crippen molar-refractivity contribution < 1.29 is 0 Å². The van der Waals surface area contributed by atoms with Gasteiger partial charge in [-0.05, 0) is 30.7 Å². The van der Waals surface area contributed by atoms with E-state index in [9.17, 15) is 0 Å². The Hall–Kier alpha value is -0.710. The molecule has 1 heterocycles. The van der Waals surface area contributed by atoms with Crippen LogP contribution in [0.2, 0.25) is 0 Å². The number of nitrogens with zero attached hydrogens (tertiary/aromatic N) is 1. The Bertz CT molecular complexity index is 453. The fraction of sp³-hybridized carbons (Fsp3) is 0.357. The summed E-state index contributed by atoms with van der Waals surface area (Å²) in [5, 5.41) is 6.79. The number of hydrogen-bond donors (Lipinski definition) is 1. The molecule has 0 bridgehead atoms. The van der Waals surface area contributed by atoms with Gasteiger partial charge in [0.25, 0.3) is 0 Å². The first-order chi connectivity index (χ1) is 8.78. The van der Waals surface area contributed by atoms with Gasteiger partial charge in [0.1, 0.15) is 0 Å². The van der Waals surface area contributed by atoms with Gasteiger partial charge in [0.15, 0.2) is 0 Å². The lowest BCUT2D eigenvalue weighted by Gasteiger charge is -2.16. The molecule has 0 aliphatic rings. The van der Waals surface area contributed by atoms with Crippen molar-refractivity contribution in [2.75, 3.05) is 6.54 Å². The van der Waals surface area contributed by atoms with Crippen molar-refractivity contribution in [3.63, 3.8) is 0 Å². The molecule has 1 aromatic carbocycles. The van der Waals surface area contributed by atoms with E-state index in [1.165, 1.54) is 10.6 Å². The van der Waals surface area contributed by atoms with Crippen molar-refractivity contribution in [1.29, 1.82) is 0 Å². The lowest BCUT2D eigenvalue weighted by atomic mass is 10.0. The maximum Gasteiger partial charge on any atom is 0.0940 e. The quantitative estimate of drug-likeness (QED) is 0.876. The molecular formula is C14H17BrN2S. The monoisotopic (exact) mass is 324 g/mol. The Labute approximate surface area is 121 Å². The van der Waals surface area contributed by atoms with Crippen molar-refractivity contribution >= 4 is 27.3 Å². The summed E-state index contributed by atoms with van der Waals surface area (Å²) < 4.78 is 1.13. The second-order valence-electron chi connectivity index (χ2n) is 4.22. The van der Waals surface area contributed by atoms with Gasteiger partial charge in [-0.3, -0.25) is 0 Å². The highest BCUT2D eigenvalue weighted by atomic mass is 79.9. The maximum absolute atomic E-state index is 4.37. The third-order valence-electron chi connectivity index (χ3n) is 2.79. The summed E-state index contributed by atoms with van der Waals surface area (Å²) in [6.45, 7) is 3.14. The van der Waals surface area contributed by atoms with E-state index in [4.69, 9.17) is 0 Å². The topological polar surface area (TPSA) is 24.9 Å². The van der Waals surface area contributed by atoms with Gasteiger partial charge in [0.05, 0.1) is 5.01 Å². The molecule has 2 nitrogen and oxygen atoms in total. The number of nitrogens with one attached hydrogen (secondary N) is 1. The predicted octanol–water partition coefficient (Wildman–Crippen LogP) is 3.67. The van der Waals surface area contributed by atoms with Gasteiger partial charge < -0.3 is 5.32 Å². The van der Waals surface area contributed by atoms with E-state index in [2.05, 4.69) is 57.4 Å². The first-order valence-corrected chi connectivity index (χ1v) is 7.81. The summed E-state index contributed by atoms with van der Waals surface area (Å²) in [6, 6.07) is 9.01. The van der Waals surface area contributed by atoms with Crippen LogP contribution in [0.15, 0.2) is 40.3 Å². The summed E-state index contributed by atoms with van der Waals surface area (Å²) in [4.78, 5) is 4.37.